The Kier molecular flexibility index (Phi) is 6.11. The van der Waals surface area contributed by atoms with Gasteiger partial charge in [0.05, 0.1) is 5.56 Å². The van der Waals surface area contributed by atoms with Crippen LogP contribution in [0.15, 0.2) is 66.9 Å². The number of aromatic nitrogens is 1. The number of hydrogen-bond donors (Lipinski definition) is 2. The summed E-state index contributed by atoms with van der Waals surface area (Å²) in [7, 11) is 0. The molecule has 0 bridgehead atoms. The lowest BCUT2D eigenvalue weighted by Crippen LogP contribution is -2.13. The highest BCUT2D eigenvalue weighted by Gasteiger charge is 2.08. The van der Waals surface area contributed by atoms with Crippen molar-refractivity contribution in [2.75, 3.05) is 17.2 Å². The molecule has 3 aromatic rings. The summed E-state index contributed by atoms with van der Waals surface area (Å²) in [5, 5.41) is 5.86. The molecule has 0 aliphatic rings. The van der Waals surface area contributed by atoms with E-state index >= 15 is 0 Å². The van der Waals surface area contributed by atoms with Crippen LogP contribution in [0, 0.1) is 5.82 Å². The second kappa shape index (κ2) is 8.90. The van der Waals surface area contributed by atoms with Gasteiger partial charge in [0.15, 0.2) is 5.78 Å². The van der Waals surface area contributed by atoms with Gasteiger partial charge in [-0.15, -0.1) is 0 Å². The van der Waals surface area contributed by atoms with E-state index in [2.05, 4.69) is 15.6 Å². The van der Waals surface area contributed by atoms with Crippen LogP contribution in [0.3, 0.4) is 0 Å². The summed E-state index contributed by atoms with van der Waals surface area (Å²) in [5.41, 5.74) is 2.11. The first-order valence-corrected chi connectivity index (χ1v) is 8.88. The smallest absolute Gasteiger partial charge is 0.257 e. The molecular formula is C22H20FN3O2. The zero-order chi connectivity index (χ0) is 19.9. The Bertz CT molecular complexity index is 987. The number of carbonyl (C=O) groups is 2. The molecule has 0 atom stereocenters. The standard InChI is InChI=1S/C22H20FN3O2/c1-15(27)17-6-4-7-19(13-17)26-22(28)18-9-10-21(25-14-18)24-12-11-16-5-2-3-8-20(16)23/h2-10,13-14H,11-12H2,1H3,(H,24,25)(H,26,28). The summed E-state index contributed by atoms with van der Waals surface area (Å²) in [6, 6.07) is 16.8. The third-order valence-corrected chi connectivity index (χ3v) is 4.21. The number of rotatable bonds is 7. The fourth-order valence-electron chi connectivity index (χ4n) is 2.68. The van der Waals surface area contributed by atoms with E-state index in [9.17, 15) is 14.0 Å². The molecular weight excluding hydrogens is 357 g/mol. The topological polar surface area (TPSA) is 71.1 Å². The van der Waals surface area contributed by atoms with Crippen LogP contribution in [0.1, 0.15) is 33.2 Å². The maximum atomic E-state index is 13.6. The van der Waals surface area contributed by atoms with Crippen molar-refractivity contribution in [1.82, 2.24) is 4.98 Å². The number of nitrogens with one attached hydrogen (secondary N) is 2. The number of ketones is 1. The highest BCUT2D eigenvalue weighted by atomic mass is 19.1. The van der Waals surface area contributed by atoms with Crippen LogP contribution >= 0.6 is 0 Å². The molecule has 2 aromatic carbocycles. The summed E-state index contributed by atoms with van der Waals surface area (Å²) in [6.45, 7) is 2.00. The average Bonchev–Trinajstić information content (AvgIpc) is 2.70. The molecule has 1 aromatic heterocycles. The van der Waals surface area contributed by atoms with Crippen molar-refractivity contribution in [2.24, 2.45) is 0 Å². The molecule has 0 fully saturated rings. The zero-order valence-electron chi connectivity index (χ0n) is 15.4. The van der Waals surface area contributed by atoms with Gasteiger partial charge in [0, 0.05) is 24.0 Å². The van der Waals surface area contributed by atoms with Crippen LogP contribution in [0.5, 0.6) is 0 Å². The molecule has 6 heteroatoms. The monoisotopic (exact) mass is 377 g/mol. The molecule has 2 N–H and O–H groups in total. The lowest BCUT2D eigenvalue weighted by atomic mass is 10.1. The first-order chi connectivity index (χ1) is 13.5. The van der Waals surface area contributed by atoms with Crippen molar-refractivity contribution in [3.05, 3.63) is 89.4 Å². The van der Waals surface area contributed by atoms with Crippen molar-refractivity contribution in [2.45, 2.75) is 13.3 Å². The van der Waals surface area contributed by atoms with Gasteiger partial charge < -0.3 is 10.6 Å². The molecule has 0 saturated heterocycles. The quantitative estimate of drug-likeness (QED) is 0.601. The lowest BCUT2D eigenvalue weighted by Gasteiger charge is -2.08. The molecule has 142 valence electrons. The summed E-state index contributed by atoms with van der Waals surface area (Å²) in [6.07, 6.45) is 2.00. The Balaban J connectivity index is 1.56. The van der Waals surface area contributed by atoms with Gasteiger partial charge in [-0.05, 0) is 49.2 Å². The van der Waals surface area contributed by atoms with Crippen LogP contribution < -0.4 is 10.6 Å². The molecule has 0 spiro atoms. The molecule has 0 radical (unpaired) electrons. The van der Waals surface area contributed by atoms with E-state index in [0.717, 1.165) is 0 Å². The van der Waals surface area contributed by atoms with Crippen LogP contribution in [0.4, 0.5) is 15.9 Å². The SMILES string of the molecule is CC(=O)c1cccc(NC(=O)c2ccc(NCCc3ccccc3F)nc2)c1. The normalized spacial score (nSPS) is 10.4. The molecule has 0 unspecified atom stereocenters. The maximum Gasteiger partial charge on any atom is 0.257 e. The number of carbonyl (C=O) groups excluding carboxylic acids is 2. The summed E-state index contributed by atoms with van der Waals surface area (Å²) in [5.74, 6) is -0.000674. The van der Waals surface area contributed by atoms with E-state index in [1.807, 2.05) is 0 Å². The van der Waals surface area contributed by atoms with E-state index in [1.54, 1.807) is 54.6 Å². The van der Waals surface area contributed by atoms with Gasteiger partial charge >= 0.3 is 0 Å². The van der Waals surface area contributed by atoms with Gasteiger partial charge in [0.2, 0.25) is 0 Å². The Labute approximate surface area is 162 Å². The van der Waals surface area contributed by atoms with Crippen LogP contribution in [0.2, 0.25) is 0 Å². The third-order valence-electron chi connectivity index (χ3n) is 4.21. The van der Waals surface area contributed by atoms with E-state index in [1.165, 1.54) is 19.2 Å². The Morgan fingerprint density at radius 3 is 2.54 bits per heavy atom. The number of halogens is 1. The van der Waals surface area contributed by atoms with Crippen molar-refractivity contribution in [3.8, 4) is 0 Å². The van der Waals surface area contributed by atoms with Crippen molar-refractivity contribution in [3.63, 3.8) is 0 Å². The molecule has 0 saturated carbocycles. The second-order valence-electron chi connectivity index (χ2n) is 6.29. The molecule has 3 rings (SSSR count). The predicted molar refractivity (Wildman–Crippen MR) is 107 cm³/mol. The lowest BCUT2D eigenvalue weighted by molar-refractivity contribution is 0.101. The van der Waals surface area contributed by atoms with E-state index in [4.69, 9.17) is 0 Å². The summed E-state index contributed by atoms with van der Waals surface area (Å²) < 4.78 is 13.6. The molecule has 1 amide bonds. The molecule has 5 nitrogen and oxygen atoms in total. The fourth-order valence-corrected chi connectivity index (χ4v) is 2.68. The molecule has 1 heterocycles. The number of nitrogens with zero attached hydrogens (tertiary/aromatic N) is 1. The minimum absolute atomic E-state index is 0.0661. The van der Waals surface area contributed by atoms with Gasteiger partial charge in [0.25, 0.3) is 5.91 Å². The predicted octanol–water partition coefficient (Wildman–Crippen LogP) is 4.33. The minimum Gasteiger partial charge on any atom is -0.370 e. The number of benzene rings is 2. The van der Waals surface area contributed by atoms with E-state index in [0.29, 0.717) is 41.2 Å². The van der Waals surface area contributed by atoms with Crippen LogP contribution in [0.25, 0.3) is 0 Å². The van der Waals surface area contributed by atoms with Crippen molar-refractivity contribution in [1.29, 1.82) is 0 Å². The number of amides is 1. The number of pyridine rings is 1. The van der Waals surface area contributed by atoms with Gasteiger partial charge in [-0.25, -0.2) is 9.37 Å². The largest absolute Gasteiger partial charge is 0.370 e. The minimum atomic E-state index is -0.314. The first-order valence-electron chi connectivity index (χ1n) is 8.88. The highest BCUT2D eigenvalue weighted by Crippen LogP contribution is 2.14. The Hall–Kier alpha value is -3.54. The number of anilines is 2. The fraction of sp³-hybridized carbons (Fsp3) is 0.136. The first kappa shape index (κ1) is 19.2. The maximum absolute atomic E-state index is 13.6. The van der Waals surface area contributed by atoms with Gasteiger partial charge in [-0.3, -0.25) is 9.59 Å². The zero-order valence-corrected chi connectivity index (χ0v) is 15.4. The van der Waals surface area contributed by atoms with Gasteiger partial charge in [0.1, 0.15) is 11.6 Å². The van der Waals surface area contributed by atoms with Gasteiger partial charge in [-0.1, -0.05) is 30.3 Å². The van der Waals surface area contributed by atoms with Crippen LogP contribution in [-0.2, 0) is 6.42 Å². The summed E-state index contributed by atoms with van der Waals surface area (Å²) >= 11 is 0. The molecule has 28 heavy (non-hydrogen) atoms. The van der Waals surface area contributed by atoms with Crippen molar-refractivity contribution < 1.29 is 14.0 Å². The van der Waals surface area contributed by atoms with E-state index < -0.39 is 0 Å². The Morgan fingerprint density at radius 2 is 1.82 bits per heavy atom. The van der Waals surface area contributed by atoms with E-state index in [-0.39, 0.29) is 17.5 Å². The molecule has 0 aliphatic heterocycles. The third kappa shape index (κ3) is 5.01. The van der Waals surface area contributed by atoms with Gasteiger partial charge in [-0.2, -0.15) is 0 Å². The summed E-state index contributed by atoms with van der Waals surface area (Å²) in [4.78, 5) is 28.0. The van der Waals surface area contributed by atoms with Crippen molar-refractivity contribution >= 4 is 23.2 Å². The number of hydrogen-bond acceptors (Lipinski definition) is 4. The average molecular weight is 377 g/mol. The highest BCUT2D eigenvalue weighted by molar-refractivity contribution is 6.05. The number of Topliss-reactive ketones (excluding diaryl/α,β-unsaturated/α-hetero) is 1. The Morgan fingerprint density at radius 1 is 1.00 bits per heavy atom. The molecule has 0 aliphatic carbocycles. The van der Waals surface area contributed by atoms with Crippen LogP contribution in [-0.4, -0.2) is 23.2 Å². The second-order valence-corrected chi connectivity index (χ2v) is 6.29.